The summed E-state index contributed by atoms with van der Waals surface area (Å²) in [6.07, 6.45) is 4.47. The van der Waals surface area contributed by atoms with Crippen LogP contribution in [-0.4, -0.2) is 55.5 Å². The molecular weight excluding hydrogens is 190 g/mol. The largest absolute Gasteiger partial charge is 0.342 e. The summed E-state index contributed by atoms with van der Waals surface area (Å²) < 4.78 is 0. The molecule has 0 radical (unpaired) electrons. The van der Waals surface area contributed by atoms with E-state index in [-0.39, 0.29) is 5.91 Å². The van der Waals surface area contributed by atoms with E-state index in [1.807, 2.05) is 11.9 Å². The lowest BCUT2D eigenvalue weighted by Crippen LogP contribution is -2.37. The van der Waals surface area contributed by atoms with Gasteiger partial charge in [0, 0.05) is 13.1 Å². The van der Waals surface area contributed by atoms with Crippen LogP contribution in [0.1, 0.15) is 25.7 Å². The van der Waals surface area contributed by atoms with Crippen molar-refractivity contribution in [3.05, 3.63) is 0 Å². The second kappa shape index (κ2) is 6.80. The van der Waals surface area contributed by atoms with Gasteiger partial charge in [-0.15, -0.1) is 0 Å². The quantitative estimate of drug-likeness (QED) is 0.645. The minimum absolute atomic E-state index is 0.280. The van der Waals surface area contributed by atoms with Crippen LogP contribution < -0.4 is 5.73 Å². The van der Waals surface area contributed by atoms with Crippen molar-refractivity contribution in [2.45, 2.75) is 25.7 Å². The monoisotopic (exact) mass is 213 g/mol. The summed E-state index contributed by atoms with van der Waals surface area (Å²) in [6.45, 7) is 4.18. The third kappa shape index (κ3) is 4.62. The number of likely N-dealkylation sites (N-methyl/N-ethyl adjacent to an activating group) is 1. The maximum absolute atomic E-state index is 11.7. The molecule has 0 saturated carbocycles. The highest BCUT2D eigenvalue weighted by Gasteiger charge is 2.18. The van der Waals surface area contributed by atoms with Crippen molar-refractivity contribution < 1.29 is 4.79 Å². The normalized spacial score (nSPS) is 16.3. The number of hydrogen-bond acceptors (Lipinski definition) is 3. The molecule has 0 aromatic rings. The van der Waals surface area contributed by atoms with Crippen LogP contribution in [0, 0.1) is 0 Å². The molecule has 4 nitrogen and oxygen atoms in total. The van der Waals surface area contributed by atoms with Crippen molar-refractivity contribution in [1.82, 2.24) is 9.80 Å². The van der Waals surface area contributed by atoms with Gasteiger partial charge in [0.25, 0.3) is 0 Å². The zero-order chi connectivity index (χ0) is 11.1. The van der Waals surface area contributed by atoms with Gasteiger partial charge in [0.1, 0.15) is 0 Å². The zero-order valence-electron chi connectivity index (χ0n) is 9.74. The first-order valence-electron chi connectivity index (χ1n) is 5.90. The van der Waals surface area contributed by atoms with E-state index in [9.17, 15) is 4.79 Å². The van der Waals surface area contributed by atoms with E-state index in [4.69, 9.17) is 5.73 Å². The summed E-state index contributed by atoms with van der Waals surface area (Å²) in [5, 5.41) is 0. The predicted molar refractivity (Wildman–Crippen MR) is 61.6 cm³/mol. The predicted octanol–water partition coefficient (Wildman–Crippen LogP) is 0.280. The molecule has 1 amide bonds. The van der Waals surface area contributed by atoms with Gasteiger partial charge in [0.05, 0.1) is 6.54 Å². The summed E-state index contributed by atoms with van der Waals surface area (Å²) in [5.74, 6) is 0.280. The van der Waals surface area contributed by atoms with Gasteiger partial charge in [-0.25, -0.2) is 0 Å². The van der Waals surface area contributed by atoms with Crippen LogP contribution in [0.2, 0.25) is 0 Å². The first-order valence-corrected chi connectivity index (χ1v) is 5.90. The molecule has 1 heterocycles. The minimum atomic E-state index is 0.280. The molecule has 15 heavy (non-hydrogen) atoms. The average molecular weight is 213 g/mol. The van der Waals surface area contributed by atoms with E-state index in [1.54, 1.807) is 0 Å². The first kappa shape index (κ1) is 12.5. The Morgan fingerprint density at radius 3 is 2.60 bits per heavy atom. The Morgan fingerprint density at radius 2 is 2.00 bits per heavy atom. The van der Waals surface area contributed by atoms with Gasteiger partial charge < -0.3 is 10.6 Å². The Bertz CT molecular complexity index is 190. The van der Waals surface area contributed by atoms with E-state index in [0.717, 1.165) is 39.0 Å². The Morgan fingerprint density at radius 1 is 1.33 bits per heavy atom. The van der Waals surface area contributed by atoms with Gasteiger partial charge in [-0.1, -0.05) is 0 Å². The van der Waals surface area contributed by atoms with E-state index < -0.39 is 0 Å². The number of nitrogens with zero attached hydrogens (tertiary/aromatic N) is 2. The van der Waals surface area contributed by atoms with Crippen molar-refractivity contribution >= 4 is 5.91 Å². The summed E-state index contributed by atoms with van der Waals surface area (Å²) >= 11 is 0. The Hall–Kier alpha value is -0.610. The van der Waals surface area contributed by atoms with Crippen molar-refractivity contribution in [2.75, 3.05) is 39.8 Å². The van der Waals surface area contributed by atoms with Crippen LogP contribution in [0.25, 0.3) is 0 Å². The van der Waals surface area contributed by atoms with Crippen molar-refractivity contribution in [3.8, 4) is 0 Å². The molecular formula is C11H23N3O. The molecule has 4 heteroatoms. The van der Waals surface area contributed by atoms with Crippen LogP contribution in [0.15, 0.2) is 0 Å². The number of unbranched alkanes of at least 4 members (excludes halogenated alkanes) is 1. The highest BCUT2D eigenvalue weighted by Crippen LogP contribution is 2.07. The van der Waals surface area contributed by atoms with E-state index in [0.29, 0.717) is 6.54 Å². The summed E-state index contributed by atoms with van der Waals surface area (Å²) in [5.41, 5.74) is 5.42. The maximum Gasteiger partial charge on any atom is 0.236 e. The van der Waals surface area contributed by atoms with Gasteiger partial charge in [-0.2, -0.15) is 0 Å². The first-order chi connectivity index (χ1) is 7.24. The second-order valence-electron chi connectivity index (χ2n) is 4.32. The molecule has 88 valence electrons. The molecule has 1 aliphatic rings. The molecule has 0 spiro atoms. The van der Waals surface area contributed by atoms with Gasteiger partial charge in [0.15, 0.2) is 0 Å². The summed E-state index contributed by atoms with van der Waals surface area (Å²) in [4.78, 5) is 15.8. The molecule has 1 rings (SSSR count). The number of amides is 1. The zero-order valence-corrected chi connectivity index (χ0v) is 9.74. The molecule has 2 N–H and O–H groups in total. The second-order valence-corrected chi connectivity index (χ2v) is 4.32. The fourth-order valence-corrected chi connectivity index (χ4v) is 1.90. The van der Waals surface area contributed by atoms with Gasteiger partial charge in [0.2, 0.25) is 5.91 Å². The van der Waals surface area contributed by atoms with Crippen LogP contribution >= 0.6 is 0 Å². The van der Waals surface area contributed by atoms with Gasteiger partial charge >= 0.3 is 0 Å². The van der Waals surface area contributed by atoms with Crippen LogP contribution in [-0.2, 0) is 4.79 Å². The third-order valence-electron chi connectivity index (χ3n) is 2.86. The molecule has 1 saturated heterocycles. The third-order valence-corrected chi connectivity index (χ3v) is 2.86. The van der Waals surface area contributed by atoms with Crippen LogP contribution in [0.3, 0.4) is 0 Å². The van der Waals surface area contributed by atoms with Crippen LogP contribution in [0.5, 0.6) is 0 Å². The van der Waals surface area contributed by atoms with Crippen molar-refractivity contribution in [2.24, 2.45) is 5.73 Å². The van der Waals surface area contributed by atoms with Crippen molar-refractivity contribution in [1.29, 1.82) is 0 Å². The summed E-state index contributed by atoms with van der Waals surface area (Å²) in [7, 11) is 2.00. The minimum Gasteiger partial charge on any atom is -0.342 e. The standard InChI is InChI=1S/C11H23N3O/c1-13(7-3-2-6-12)10-11(15)14-8-4-5-9-14/h2-10,12H2,1H3. The Balaban J connectivity index is 2.13. The van der Waals surface area contributed by atoms with E-state index in [1.165, 1.54) is 12.8 Å². The fraction of sp³-hybridized carbons (Fsp3) is 0.909. The van der Waals surface area contributed by atoms with E-state index in [2.05, 4.69) is 4.90 Å². The number of likely N-dealkylation sites (tertiary alicyclic amines) is 1. The molecule has 0 unspecified atom stereocenters. The van der Waals surface area contributed by atoms with Crippen molar-refractivity contribution in [3.63, 3.8) is 0 Å². The molecule has 0 aromatic carbocycles. The number of hydrogen-bond donors (Lipinski definition) is 1. The average Bonchev–Trinajstić information content (AvgIpc) is 2.70. The lowest BCUT2D eigenvalue weighted by Gasteiger charge is -2.20. The number of carbonyl (C=O) groups excluding carboxylic acids is 1. The molecule has 0 atom stereocenters. The molecule has 0 bridgehead atoms. The highest BCUT2D eigenvalue weighted by molar-refractivity contribution is 5.78. The molecule has 0 aliphatic carbocycles. The topological polar surface area (TPSA) is 49.6 Å². The van der Waals surface area contributed by atoms with E-state index >= 15 is 0 Å². The molecule has 1 aliphatic heterocycles. The number of rotatable bonds is 6. The highest BCUT2D eigenvalue weighted by atomic mass is 16.2. The Labute approximate surface area is 92.4 Å². The van der Waals surface area contributed by atoms with Gasteiger partial charge in [-0.05, 0) is 45.8 Å². The van der Waals surface area contributed by atoms with Crippen LogP contribution in [0.4, 0.5) is 0 Å². The number of carbonyl (C=O) groups is 1. The number of nitrogens with two attached hydrogens (primary N) is 1. The summed E-state index contributed by atoms with van der Waals surface area (Å²) in [6, 6.07) is 0. The Kier molecular flexibility index (Phi) is 5.65. The fourth-order valence-electron chi connectivity index (χ4n) is 1.90. The molecule has 0 aromatic heterocycles. The SMILES string of the molecule is CN(CCCCN)CC(=O)N1CCCC1. The lowest BCUT2D eigenvalue weighted by molar-refractivity contribution is -0.131. The molecule has 1 fully saturated rings. The lowest BCUT2D eigenvalue weighted by atomic mass is 10.3. The smallest absolute Gasteiger partial charge is 0.236 e. The van der Waals surface area contributed by atoms with Gasteiger partial charge in [-0.3, -0.25) is 9.69 Å². The maximum atomic E-state index is 11.7.